The van der Waals surface area contributed by atoms with Crippen molar-refractivity contribution in [1.82, 2.24) is 20.3 Å². The van der Waals surface area contributed by atoms with Gasteiger partial charge in [-0.1, -0.05) is 24.3 Å². The quantitative estimate of drug-likeness (QED) is 0.0434. The highest BCUT2D eigenvalue weighted by Gasteiger charge is 2.45. The van der Waals surface area contributed by atoms with Gasteiger partial charge in [-0.2, -0.15) is 0 Å². The number of piperidine rings is 1. The van der Waals surface area contributed by atoms with Gasteiger partial charge in [0.1, 0.15) is 6.04 Å². The minimum Gasteiger partial charge on any atom is -0.382 e. The van der Waals surface area contributed by atoms with Gasteiger partial charge < -0.3 is 29.4 Å². The number of hydrogen-bond donors (Lipinski definition) is 5. The number of nitrogens with one attached hydrogen (secondary N) is 4. The van der Waals surface area contributed by atoms with Crippen LogP contribution in [0.3, 0.4) is 0 Å². The van der Waals surface area contributed by atoms with E-state index in [0.717, 1.165) is 21.4 Å². The van der Waals surface area contributed by atoms with Crippen LogP contribution in [-0.2, 0) is 35.1 Å². The smallest absolute Gasteiger partial charge is 0.274 e. The first kappa shape index (κ1) is 37.8. The third-order valence-corrected chi connectivity index (χ3v) is 8.98. The van der Waals surface area contributed by atoms with Gasteiger partial charge >= 0.3 is 0 Å². The van der Waals surface area contributed by atoms with Crippen molar-refractivity contribution in [1.29, 1.82) is 0 Å². The minimum absolute atomic E-state index is 0.0521. The number of carbonyl (C=O) groups excluding carboxylic acids is 6. The van der Waals surface area contributed by atoms with E-state index in [0.29, 0.717) is 63.1 Å². The van der Waals surface area contributed by atoms with Gasteiger partial charge in [-0.25, -0.2) is 5.48 Å². The molecule has 6 rings (SSSR count). The van der Waals surface area contributed by atoms with Crippen LogP contribution in [0.2, 0.25) is 0 Å². The lowest BCUT2D eigenvalue weighted by Gasteiger charge is -2.27. The van der Waals surface area contributed by atoms with Crippen LogP contribution in [0, 0.1) is 0 Å². The standard InChI is InChI=1S/C38H40N6O10/c45-32-11-10-30(36(48)41-32)44-37(49)28-2-1-3-29(34(28)38(44)50)39-14-17-53-19-21-54-20-18-52-16-13-33(46)40-27-8-4-24(5-9-27)23-43-15-12-25-6-7-26(22-31(25)43)35(47)42-51/h1-9,12,15,22,30,39,51H,10-11,13-14,16-21,23H2,(H,40,46)(H,42,47)(H,41,45,48). The Labute approximate surface area is 309 Å². The Balaban J connectivity index is 0.812. The van der Waals surface area contributed by atoms with Gasteiger partial charge in [0.2, 0.25) is 17.7 Å². The second kappa shape index (κ2) is 17.7. The molecule has 0 spiro atoms. The molecule has 1 atom stereocenters. The van der Waals surface area contributed by atoms with Crippen LogP contribution in [0.25, 0.3) is 10.9 Å². The Bertz CT molecular complexity index is 2050. The number of rotatable bonds is 18. The molecule has 16 nitrogen and oxygen atoms in total. The first-order valence-electron chi connectivity index (χ1n) is 17.5. The second-order valence-electron chi connectivity index (χ2n) is 12.6. The maximum atomic E-state index is 13.2. The SMILES string of the molecule is O=C1CCC(N2C(=O)c3cccc(NCCOCCOCCOCCC(=O)Nc4ccc(Cn5ccc6ccc(C(=O)NO)cc65)cc4)c3C2=O)C(=O)N1. The van der Waals surface area contributed by atoms with Gasteiger partial charge in [-0.3, -0.25) is 44.2 Å². The Morgan fingerprint density at radius 1 is 0.852 bits per heavy atom. The number of carbonyl (C=O) groups is 6. The van der Waals surface area contributed by atoms with Crippen LogP contribution < -0.4 is 21.4 Å². The highest BCUT2D eigenvalue weighted by atomic mass is 16.5. The lowest BCUT2D eigenvalue weighted by atomic mass is 10.0. The Kier molecular flexibility index (Phi) is 12.4. The molecule has 1 unspecified atom stereocenters. The molecule has 0 aliphatic carbocycles. The van der Waals surface area contributed by atoms with Crippen molar-refractivity contribution in [2.75, 3.05) is 56.8 Å². The van der Waals surface area contributed by atoms with E-state index in [-0.39, 0.29) is 42.9 Å². The van der Waals surface area contributed by atoms with Crippen LogP contribution >= 0.6 is 0 Å². The summed E-state index contributed by atoms with van der Waals surface area (Å²) in [7, 11) is 0. The molecular weight excluding hydrogens is 700 g/mol. The van der Waals surface area contributed by atoms with Crippen LogP contribution in [0.4, 0.5) is 11.4 Å². The Morgan fingerprint density at radius 3 is 2.33 bits per heavy atom. The zero-order valence-electron chi connectivity index (χ0n) is 29.3. The zero-order valence-corrected chi connectivity index (χ0v) is 29.3. The molecule has 6 amide bonds. The average molecular weight is 741 g/mol. The molecule has 16 heteroatoms. The van der Waals surface area contributed by atoms with Crippen molar-refractivity contribution < 1.29 is 48.2 Å². The summed E-state index contributed by atoms with van der Waals surface area (Å²) in [5.74, 6) is -2.99. The van der Waals surface area contributed by atoms with Crippen molar-refractivity contribution in [2.24, 2.45) is 0 Å². The van der Waals surface area contributed by atoms with Crippen LogP contribution in [0.15, 0.2) is 72.9 Å². The zero-order chi connectivity index (χ0) is 38.0. The molecule has 0 bridgehead atoms. The summed E-state index contributed by atoms with van der Waals surface area (Å²) in [4.78, 5) is 75.1. The molecule has 54 heavy (non-hydrogen) atoms. The summed E-state index contributed by atoms with van der Waals surface area (Å²) in [5.41, 5.74) is 5.37. The third kappa shape index (κ3) is 8.98. The third-order valence-electron chi connectivity index (χ3n) is 8.98. The fraction of sp³-hybridized carbons (Fsp3) is 0.316. The van der Waals surface area contributed by atoms with Gasteiger partial charge in [0, 0.05) is 48.2 Å². The van der Waals surface area contributed by atoms with Crippen molar-refractivity contribution in [3.05, 3.63) is 95.2 Å². The largest absolute Gasteiger partial charge is 0.382 e. The molecule has 282 valence electrons. The highest BCUT2D eigenvalue weighted by Crippen LogP contribution is 2.32. The fourth-order valence-electron chi connectivity index (χ4n) is 6.27. The summed E-state index contributed by atoms with van der Waals surface area (Å²) in [6, 6.07) is 18.5. The fourth-order valence-corrected chi connectivity index (χ4v) is 6.27. The monoisotopic (exact) mass is 740 g/mol. The van der Waals surface area contributed by atoms with E-state index in [2.05, 4.69) is 16.0 Å². The van der Waals surface area contributed by atoms with E-state index in [1.807, 2.05) is 47.2 Å². The normalized spacial score (nSPS) is 15.4. The number of nitrogens with zero attached hydrogens (tertiary/aromatic N) is 2. The second-order valence-corrected chi connectivity index (χ2v) is 12.6. The topological polar surface area (TPSA) is 207 Å². The van der Waals surface area contributed by atoms with Crippen molar-refractivity contribution in [3.63, 3.8) is 0 Å². The molecule has 2 aliphatic heterocycles. The van der Waals surface area contributed by atoms with Gasteiger partial charge in [0.15, 0.2) is 0 Å². The summed E-state index contributed by atoms with van der Waals surface area (Å²) >= 11 is 0. The molecule has 0 saturated carbocycles. The maximum Gasteiger partial charge on any atom is 0.274 e. The number of fused-ring (bicyclic) bond motifs is 2. The summed E-state index contributed by atoms with van der Waals surface area (Å²) in [6.45, 7) is 2.74. The number of hydroxylamine groups is 1. The molecule has 5 N–H and O–H groups in total. The van der Waals surface area contributed by atoms with E-state index in [9.17, 15) is 28.8 Å². The molecule has 3 heterocycles. The molecule has 1 saturated heterocycles. The molecule has 4 aromatic rings. The van der Waals surface area contributed by atoms with Crippen LogP contribution in [0.5, 0.6) is 0 Å². The van der Waals surface area contributed by atoms with Crippen molar-refractivity contribution in [3.8, 4) is 0 Å². The number of imide groups is 2. The number of benzene rings is 3. The number of ether oxygens (including phenoxy) is 3. The summed E-state index contributed by atoms with van der Waals surface area (Å²) < 4.78 is 18.6. The lowest BCUT2D eigenvalue weighted by Crippen LogP contribution is -2.54. The van der Waals surface area contributed by atoms with Crippen LogP contribution in [-0.4, -0.2) is 102 Å². The molecule has 1 aromatic heterocycles. The van der Waals surface area contributed by atoms with E-state index in [4.69, 9.17) is 19.4 Å². The number of aromatic nitrogens is 1. The van der Waals surface area contributed by atoms with E-state index in [1.165, 1.54) is 6.07 Å². The molecular formula is C38H40N6O10. The molecule has 0 radical (unpaired) electrons. The lowest BCUT2D eigenvalue weighted by molar-refractivity contribution is -0.136. The minimum atomic E-state index is -1.03. The van der Waals surface area contributed by atoms with Crippen molar-refractivity contribution in [2.45, 2.75) is 31.8 Å². The summed E-state index contributed by atoms with van der Waals surface area (Å²) in [6.07, 6.45) is 2.25. The molecule has 1 fully saturated rings. The predicted molar refractivity (Wildman–Crippen MR) is 194 cm³/mol. The van der Waals surface area contributed by atoms with E-state index < -0.39 is 35.6 Å². The maximum absolute atomic E-state index is 13.2. The first-order valence-corrected chi connectivity index (χ1v) is 17.5. The number of amides is 6. The Morgan fingerprint density at radius 2 is 1.59 bits per heavy atom. The van der Waals surface area contributed by atoms with Crippen LogP contribution in [0.1, 0.15) is 55.9 Å². The Hall–Kier alpha value is -5.94. The van der Waals surface area contributed by atoms with Gasteiger partial charge in [0.05, 0.1) is 57.2 Å². The molecule has 3 aromatic carbocycles. The summed E-state index contributed by atoms with van der Waals surface area (Å²) in [5, 5.41) is 18.1. The van der Waals surface area contributed by atoms with E-state index in [1.54, 1.807) is 29.7 Å². The van der Waals surface area contributed by atoms with E-state index >= 15 is 0 Å². The van der Waals surface area contributed by atoms with Gasteiger partial charge in [-0.15, -0.1) is 0 Å². The number of hydrogen-bond acceptors (Lipinski definition) is 11. The first-order chi connectivity index (χ1) is 26.2. The van der Waals surface area contributed by atoms with Gasteiger partial charge in [-0.05, 0) is 59.8 Å². The predicted octanol–water partition coefficient (Wildman–Crippen LogP) is 2.70. The van der Waals surface area contributed by atoms with Crippen molar-refractivity contribution >= 4 is 57.7 Å². The number of anilines is 2. The van der Waals surface area contributed by atoms with Gasteiger partial charge in [0.25, 0.3) is 17.7 Å². The average Bonchev–Trinajstić information content (AvgIpc) is 3.69. The highest BCUT2D eigenvalue weighted by molar-refractivity contribution is 6.25. The molecule has 2 aliphatic rings.